The molecule has 1 heterocycles. The summed E-state index contributed by atoms with van der Waals surface area (Å²) in [5.41, 5.74) is 1.66. The summed E-state index contributed by atoms with van der Waals surface area (Å²) in [6.07, 6.45) is 2.62. The van der Waals surface area contributed by atoms with Crippen LogP contribution in [-0.4, -0.2) is 15.6 Å². The highest BCUT2D eigenvalue weighted by Gasteiger charge is 2.20. The topological polar surface area (TPSA) is 59.3 Å². The molecule has 104 valence electrons. The van der Waals surface area contributed by atoms with Gasteiger partial charge in [-0.3, -0.25) is 4.79 Å². The van der Waals surface area contributed by atoms with Crippen molar-refractivity contribution in [2.24, 2.45) is 0 Å². The second kappa shape index (κ2) is 6.19. The van der Waals surface area contributed by atoms with Gasteiger partial charge in [0, 0.05) is 12.3 Å². The number of aromatic nitrogens is 1. The lowest BCUT2D eigenvalue weighted by Gasteiger charge is -2.16. The molecule has 4 heteroatoms. The number of pyridine rings is 1. The Morgan fingerprint density at radius 3 is 2.55 bits per heavy atom. The maximum absolute atomic E-state index is 11.8. The summed E-state index contributed by atoms with van der Waals surface area (Å²) in [6, 6.07) is 11.9. The fourth-order valence-corrected chi connectivity index (χ4v) is 2.19. The van der Waals surface area contributed by atoms with E-state index >= 15 is 0 Å². The Kier molecular flexibility index (Phi) is 4.35. The van der Waals surface area contributed by atoms with Gasteiger partial charge in [-0.15, -0.1) is 0 Å². The number of carboxylic acids is 1. The van der Waals surface area contributed by atoms with Crippen molar-refractivity contribution in [2.75, 3.05) is 0 Å². The van der Waals surface area contributed by atoms with Gasteiger partial charge in [-0.25, -0.2) is 4.79 Å². The van der Waals surface area contributed by atoms with Crippen LogP contribution in [0.3, 0.4) is 0 Å². The van der Waals surface area contributed by atoms with Gasteiger partial charge < -0.3 is 9.67 Å². The molecule has 1 aromatic heterocycles. The molecule has 0 aliphatic rings. The minimum atomic E-state index is -0.978. The van der Waals surface area contributed by atoms with Crippen LogP contribution in [0.4, 0.5) is 0 Å². The van der Waals surface area contributed by atoms with E-state index in [4.69, 9.17) is 0 Å². The molecule has 0 saturated heterocycles. The number of aryl methyl sites for hydroxylation is 2. The van der Waals surface area contributed by atoms with E-state index in [1.165, 1.54) is 10.6 Å². The summed E-state index contributed by atoms with van der Waals surface area (Å²) in [5.74, 6) is -0.978. The molecular weight excluding hydrogens is 254 g/mol. The molecule has 0 bridgehead atoms. The molecule has 0 spiro atoms. The molecular formula is C16H17NO3. The van der Waals surface area contributed by atoms with Gasteiger partial charge in [-0.1, -0.05) is 36.4 Å². The van der Waals surface area contributed by atoms with E-state index in [0.717, 1.165) is 11.1 Å². The fraction of sp³-hybridized carbons (Fsp3) is 0.250. The molecule has 1 unspecified atom stereocenters. The molecule has 0 aliphatic carbocycles. The van der Waals surface area contributed by atoms with Crippen LogP contribution in [0.25, 0.3) is 0 Å². The van der Waals surface area contributed by atoms with E-state index < -0.39 is 12.0 Å². The third-order valence-corrected chi connectivity index (χ3v) is 3.26. The molecule has 1 atom stereocenters. The number of hydrogen-bond donors (Lipinski definition) is 1. The van der Waals surface area contributed by atoms with Crippen molar-refractivity contribution in [3.05, 3.63) is 70.1 Å². The van der Waals surface area contributed by atoms with Gasteiger partial charge in [0.05, 0.1) is 0 Å². The molecule has 1 N–H and O–H groups in total. The second-order valence-corrected chi connectivity index (χ2v) is 4.83. The zero-order valence-corrected chi connectivity index (χ0v) is 11.3. The zero-order valence-electron chi connectivity index (χ0n) is 11.3. The van der Waals surface area contributed by atoms with Crippen LogP contribution in [0.2, 0.25) is 0 Å². The van der Waals surface area contributed by atoms with E-state index in [-0.39, 0.29) is 5.56 Å². The van der Waals surface area contributed by atoms with Gasteiger partial charge in [0.2, 0.25) is 0 Å². The predicted octanol–water partition coefficient (Wildman–Crippen LogP) is 2.42. The number of rotatable bonds is 5. The number of carboxylic acid groups (broad SMARTS) is 1. The number of carbonyl (C=O) groups is 1. The van der Waals surface area contributed by atoms with Crippen LogP contribution in [0.5, 0.6) is 0 Å². The first-order valence-electron chi connectivity index (χ1n) is 6.53. The van der Waals surface area contributed by atoms with Crippen molar-refractivity contribution in [2.45, 2.75) is 25.8 Å². The monoisotopic (exact) mass is 271 g/mol. The van der Waals surface area contributed by atoms with Crippen LogP contribution >= 0.6 is 0 Å². The highest BCUT2D eigenvalue weighted by atomic mass is 16.4. The second-order valence-electron chi connectivity index (χ2n) is 4.83. The average molecular weight is 271 g/mol. The van der Waals surface area contributed by atoms with Crippen molar-refractivity contribution >= 4 is 5.97 Å². The Bertz CT molecular complexity index is 646. The van der Waals surface area contributed by atoms with Gasteiger partial charge in [0.15, 0.2) is 0 Å². The lowest BCUT2D eigenvalue weighted by atomic mass is 10.0. The Morgan fingerprint density at radius 1 is 1.20 bits per heavy atom. The van der Waals surface area contributed by atoms with E-state index in [2.05, 4.69) is 0 Å². The zero-order chi connectivity index (χ0) is 14.5. The first kappa shape index (κ1) is 14.1. The van der Waals surface area contributed by atoms with Crippen LogP contribution < -0.4 is 5.56 Å². The van der Waals surface area contributed by atoms with Crippen LogP contribution in [0, 0.1) is 6.92 Å². The van der Waals surface area contributed by atoms with Crippen molar-refractivity contribution in [3.63, 3.8) is 0 Å². The first-order valence-corrected chi connectivity index (χ1v) is 6.53. The summed E-state index contributed by atoms with van der Waals surface area (Å²) < 4.78 is 1.31. The lowest BCUT2D eigenvalue weighted by Crippen LogP contribution is -2.29. The molecule has 0 saturated carbocycles. The molecule has 1 aromatic carbocycles. The van der Waals surface area contributed by atoms with Gasteiger partial charge in [0.25, 0.3) is 5.56 Å². The maximum Gasteiger partial charge on any atom is 0.326 e. The lowest BCUT2D eigenvalue weighted by molar-refractivity contribution is -0.141. The SMILES string of the molecule is Cc1ccc(=O)n(C(CCc2ccccc2)C(=O)O)c1. The quantitative estimate of drug-likeness (QED) is 0.908. The van der Waals surface area contributed by atoms with Gasteiger partial charge in [0.1, 0.15) is 6.04 Å². The van der Waals surface area contributed by atoms with E-state index in [1.807, 2.05) is 37.3 Å². The highest BCUT2D eigenvalue weighted by Crippen LogP contribution is 2.14. The Morgan fingerprint density at radius 2 is 1.90 bits per heavy atom. The molecule has 0 amide bonds. The minimum Gasteiger partial charge on any atom is -0.480 e. The Labute approximate surface area is 117 Å². The fourth-order valence-electron chi connectivity index (χ4n) is 2.19. The van der Waals surface area contributed by atoms with Crippen LogP contribution in [-0.2, 0) is 11.2 Å². The molecule has 20 heavy (non-hydrogen) atoms. The smallest absolute Gasteiger partial charge is 0.326 e. The van der Waals surface area contributed by atoms with E-state index in [0.29, 0.717) is 12.8 Å². The first-order chi connectivity index (χ1) is 9.58. The van der Waals surface area contributed by atoms with Crippen LogP contribution in [0.15, 0.2) is 53.5 Å². The summed E-state index contributed by atoms with van der Waals surface area (Å²) in [7, 11) is 0. The van der Waals surface area contributed by atoms with E-state index in [9.17, 15) is 14.7 Å². The molecule has 2 rings (SSSR count). The molecule has 0 radical (unpaired) electrons. The van der Waals surface area contributed by atoms with E-state index in [1.54, 1.807) is 12.3 Å². The highest BCUT2D eigenvalue weighted by molar-refractivity contribution is 5.71. The normalized spacial score (nSPS) is 12.1. The van der Waals surface area contributed by atoms with Gasteiger partial charge in [-0.2, -0.15) is 0 Å². The Hall–Kier alpha value is -2.36. The predicted molar refractivity (Wildman–Crippen MR) is 76.9 cm³/mol. The summed E-state index contributed by atoms with van der Waals surface area (Å²) in [6.45, 7) is 1.84. The minimum absolute atomic E-state index is 0.281. The largest absolute Gasteiger partial charge is 0.480 e. The van der Waals surface area contributed by atoms with Gasteiger partial charge >= 0.3 is 5.97 Å². The number of nitrogens with zero attached hydrogens (tertiary/aromatic N) is 1. The molecule has 2 aromatic rings. The molecule has 0 aliphatic heterocycles. The number of aliphatic carboxylic acids is 1. The molecule has 0 fully saturated rings. The number of benzene rings is 1. The summed E-state index contributed by atoms with van der Waals surface area (Å²) in [4.78, 5) is 23.3. The summed E-state index contributed by atoms with van der Waals surface area (Å²) >= 11 is 0. The third-order valence-electron chi connectivity index (χ3n) is 3.26. The van der Waals surface area contributed by atoms with Crippen molar-refractivity contribution in [1.29, 1.82) is 0 Å². The Balaban J connectivity index is 2.21. The van der Waals surface area contributed by atoms with Crippen molar-refractivity contribution in [3.8, 4) is 0 Å². The standard InChI is InChI=1S/C16H17NO3/c1-12-7-10-15(18)17(11-12)14(16(19)20)9-8-13-5-3-2-4-6-13/h2-7,10-11,14H,8-9H2,1H3,(H,19,20). The molecule has 4 nitrogen and oxygen atoms in total. The number of hydrogen-bond acceptors (Lipinski definition) is 2. The maximum atomic E-state index is 11.8. The van der Waals surface area contributed by atoms with Gasteiger partial charge in [-0.05, 0) is 30.9 Å². The van der Waals surface area contributed by atoms with Crippen molar-refractivity contribution in [1.82, 2.24) is 4.57 Å². The summed E-state index contributed by atoms with van der Waals surface area (Å²) in [5, 5.41) is 9.36. The third kappa shape index (κ3) is 3.35. The average Bonchev–Trinajstić information content (AvgIpc) is 2.43. The van der Waals surface area contributed by atoms with Crippen molar-refractivity contribution < 1.29 is 9.90 Å². The van der Waals surface area contributed by atoms with Crippen LogP contribution in [0.1, 0.15) is 23.6 Å².